The Labute approximate surface area is 113 Å². The molecule has 4 heteroatoms. The van der Waals surface area contributed by atoms with Gasteiger partial charge in [0.2, 0.25) is 6.79 Å². The second kappa shape index (κ2) is 8.08. The van der Waals surface area contributed by atoms with Gasteiger partial charge in [-0.3, -0.25) is 4.79 Å². The number of hydrogen-bond donors (Lipinski definition) is 0. The summed E-state index contributed by atoms with van der Waals surface area (Å²) in [5.74, 6) is -1.08. The lowest BCUT2D eigenvalue weighted by Gasteiger charge is -2.08. The average molecular weight is 262 g/mol. The fourth-order valence-electron chi connectivity index (χ4n) is 1.23. The molecule has 0 amide bonds. The van der Waals surface area contributed by atoms with E-state index in [2.05, 4.69) is 0 Å². The van der Waals surface area contributed by atoms with Crippen LogP contribution in [-0.4, -0.2) is 18.7 Å². The van der Waals surface area contributed by atoms with Crippen LogP contribution in [0, 0.1) is 5.92 Å². The van der Waals surface area contributed by atoms with Gasteiger partial charge in [0.25, 0.3) is 0 Å². The summed E-state index contributed by atoms with van der Waals surface area (Å²) in [6.07, 6.45) is 3.63. The summed E-state index contributed by atoms with van der Waals surface area (Å²) in [6, 6.07) is 9.38. The molecular formula is C15H18O4. The zero-order valence-electron chi connectivity index (χ0n) is 11.2. The van der Waals surface area contributed by atoms with E-state index in [1.54, 1.807) is 13.0 Å². The first kappa shape index (κ1) is 15.0. The molecule has 0 saturated heterocycles. The molecule has 1 unspecified atom stereocenters. The van der Waals surface area contributed by atoms with E-state index < -0.39 is 5.97 Å². The molecule has 1 aromatic carbocycles. The van der Waals surface area contributed by atoms with Crippen molar-refractivity contribution in [3.05, 3.63) is 42.0 Å². The van der Waals surface area contributed by atoms with Crippen molar-refractivity contribution in [2.45, 2.75) is 20.3 Å². The van der Waals surface area contributed by atoms with Crippen molar-refractivity contribution in [1.82, 2.24) is 0 Å². The number of carbonyl (C=O) groups excluding carboxylic acids is 2. The normalized spacial score (nSPS) is 12.1. The van der Waals surface area contributed by atoms with Crippen molar-refractivity contribution in [3.8, 4) is 0 Å². The first-order valence-corrected chi connectivity index (χ1v) is 6.20. The van der Waals surface area contributed by atoms with Gasteiger partial charge in [0.15, 0.2) is 0 Å². The standard InChI is InChI=1S/C15H18O4/c1-3-12(2)15(17)19-11-18-14(16)10-9-13-7-5-4-6-8-13/h4-10,12H,3,11H2,1-2H3. The highest BCUT2D eigenvalue weighted by molar-refractivity contribution is 5.87. The molecule has 0 aliphatic carbocycles. The second-order valence-corrected chi connectivity index (χ2v) is 4.10. The molecule has 1 aromatic rings. The molecule has 0 fully saturated rings. The number of esters is 2. The van der Waals surface area contributed by atoms with E-state index >= 15 is 0 Å². The van der Waals surface area contributed by atoms with E-state index in [1.165, 1.54) is 6.08 Å². The Morgan fingerprint density at radius 1 is 1.21 bits per heavy atom. The van der Waals surface area contributed by atoms with Crippen LogP contribution in [0.15, 0.2) is 36.4 Å². The fraction of sp³-hybridized carbons (Fsp3) is 0.333. The van der Waals surface area contributed by atoms with Crippen molar-refractivity contribution >= 4 is 18.0 Å². The number of benzene rings is 1. The quantitative estimate of drug-likeness (QED) is 0.449. The first-order valence-electron chi connectivity index (χ1n) is 6.20. The van der Waals surface area contributed by atoms with Crippen LogP contribution in [0.3, 0.4) is 0 Å². The summed E-state index contributed by atoms with van der Waals surface area (Å²) in [7, 11) is 0. The molecule has 102 valence electrons. The maximum Gasteiger partial charge on any atom is 0.333 e. The molecule has 0 spiro atoms. The van der Waals surface area contributed by atoms with Crippen LogP contribution in [0.1, 0.15) is 25.8 Å². The largest absolute Gasteiger partial charge is 0.428 e. The summed E-state index contributed by atoms with van der Waals surface area (Å²) in [4.78, 5) is 22.6. The van der Waals surface area contributed by atoms with Crippen LogP contribution in [-0.2, 0) is 19.1 Å². The molecular weight excluding hydrogens is 244 g/mol. The fourth-order valence-corrected chi connectivity index (χ4v) is 1.23. The Hall–Kier alpha value is -2.10. The molecule has 19 heavy (non-hydrogen) atoms. The van der Waals surface area contributed by atoms with Crippen LogP contribution in [0.2, 0.25) is 0 Å². The van der Waals surface area contributed by atoms with Crippen molar-refractivity contribution in [3.63, 3.8) is 0 Å². The topological polar surface area (TPSA) is 52.6 Å². The van der Waals surface area contributed by atoms with Gasteiger partial charge in [0.1, 0.15) is 0 Å². The van der Waals surface area contributed by atoms with Gasteiger partial charge in [-0.2, -0.15) is 0 Å². The lowest BCUT2D eigenvalue weighted by molar-refractivity contribution is -0.166. The number of carbonyl (C=O) groups is 2. The predicted octanol–water partition coefficient (Wildman–Crippen LogP) is 2.79. The van der Waals surface area contributed by atoms with E-state index in [4.69, 9.17) is 9.47 Å². The number of rotatable bonds is 6. The Morgan fingerprint density at radius 3 is 2.53 bits per heavy atom. The maximum atomic E-state index is 11.3. The van der Waals surface area contributed by atoms with Crippen LogP contribution >= 0.6 is 0 Å². The van der Waals surface area contributed by atoms with Crippen LogP contribution in [0.4, 0.5) is 0 Å². The Morgan fingerprint density at radius 2 is 1.89 bits per heavy atom. The average Bonchev–Trinajstić information content (AvgIpc) is 2.45. The minimum absolute atomic E-state index is 0.182. The second-order valence-electron chi connectivity index (χ2n) is 4.10. The third kappa shape index (κ3) is 5.86. The van der Waals surface area contributed by atoms with E-state index in [9.17, 15) is 9.59 Å². The van der Waals surface area contributed by atoms with Gasteiger partial charge in [-0.25, -0.2) is 4.79 Å². The lowest BCUT2D eigenvalue weighted by Crippen LogP contribution is -2.17. The van der Waals surface area contributed by atoms with E-state index in [1.807, 2.05) is 37.3 Å². The zero-order chi connectivity index (χ0) is 14.1. The van der Waals surface area contributed by atoms with Gasteiger partial charge >= 0.3 is 11.9 Å². The van der Waals surface area contributed by atoms with Crippen molar-refractivity contribution < 1.29 is 19.1 Å². The summed E-state index contributed by atoms with van der Waals surface area (Å²) < 4.78 is 9.56. The van der Waals surface area contributed by atoms with E-state index in [-0.39, 0.29) is 18.7 Å². The molecule has 0 aromatic heterocycles. The molecule has 1 atom stereocenters. The van der Waals surface area contributed by atoms with Crippen molar-refractivity contribution in [2.75, 3.05) is 6.79 Å². The first-order chi connectivity index (χ1) is 9.13. The Kier molecular flexibility index (Phi) is 6.36. The van der Waals surface area contributed by atoms with Crippen LogP contribution in [0.5, 0.6) is 0 Å². The molecule has 0 aliphatic rings. The highest BCUT2D eigenvalue weighted by atomic mass is 16.7. The molecule has 0 heterocycles. The van der Waals surface area contributed by atoms with E-state index in [0.717, 1.165) is 5.56 Å². The van der Waals surface area contributed by atoms with Gasteiger partial charge in [-0.1, -0.05) is 44.2 Å². The summed E-state index contributed by atoms with van der Waals surface area (Å²) in [5, 5.41) is 0. The third-order valence-corrected chi connectivity index (χ3v) is 2.63. The number of ether oxygens (including phenoxy) is 2. The third-order valence-electron chi connectivity index (χ3n) is 2.63. The molecule has 4 nitrogen and oxygen atoms in total. The SMILES string of the molecule is CCC(C)C(=O)OCOC(=O)C=Cc1ccccc1. The minimum Gasteiger partial charge on any atom is -0.428 e. The van der Waals surface area contributed by atoms with Crippen molar-refractivity contribution in [1.29, 1.82) is 0 Å². The van der Waals surface area contributed by atoms with Crippen LogP contribution in [0.25, 0.3) is 6.08 Å². The van der Waals surface area contributed by atoms with Gasteiger partial charge in [-0.15, -0.1) is 0 Å². The lowest BCUT2D eigenvalue weighted by atomic mass is 10.1. The predicted molar refractivity (Wildman–Crippen MR) is 72.0 cm³/mol. The minimum atomic E-state index is -0.541. The molecule has 0 N–H and O–H groups in total. The van der Waals surface area contributed by atoms with Gasteiger partial charge in [0, 0.05) is 6.08 Å². The molecule has 1 rings (SSSR count). The monoisotopic (exact) mass is 262 g/mol. The maximum absolute atomic E-state index is 11.3. The molecule has 0 saturated carbocycles. The summed E-state index contributed by atoms with van der Waals surface area (Å²) >= 11 is 0. The Balaban J connectivity index is 2.29. The van der Waals surface area contributed by atoms with Gasteiger partial charge in [0.05, 0.1) is 5.92 Å². The number of hydrogen-bond acceptors (Lipinski definition) is 4. The summed E-state index contributed by atoms with van der Waals surface area (Å²) in [5.41, 5.74) is 0.899. The smallest absolute Gasteiger partial charge is 0.333 e. The van der Waals surface area contributed by atoms with Crippen molar-refractivity contribution in [2.24, 2.45) is 5.92 Å². The molecule has 0 aliphatic heterocycles. The van der Waals surface area contributed by atoms with Gasteiger partial charge < -0.3 is 9.47 Å². The zero-order valence-corrected chi connectivity index (χ0v) is 11.2. The molecule has 0 radical (unpaired) electrons. The highest BCUT2D eigenvalue weighted by Crippen LogP contribution is 2.04. The highest BCUT2D eigenvalue weighted by Gasteiger charge is 2.11. The van der Waals surface area contributed by atoms with Gasteiger partial charge in [-0.05, 0) is 18.1 Å². The Bertz CT molecular complexity index is 437. The molecule has 0 bridgehead atoms. The summed E-state index contributed by atoms with van der Waals surface area (Å²) in [6.45, 7) is 3.31. The van der Waals surface area contributed by atoms with Crippen LogP contribution < -0.4 is 0 Å². The van der Waals surface area contributed by atoms with E-state index in [0.29, 0.717) is 6.42 Å².